The molecule has 2 unspecified atom stereocenters. The van der Waals surface area contributed by atoms with Gasteiger partial charge in [-0.1, -0.05) is 46.0 Å². The summed E-state index contributed by atoms with van der Waals surface area (Å²) in [6, 6.07) is -12.8. The summed E-state index contributed by atoms with van der Waals surface area (Å²) in [6.45, 7) is 2.97. The van der Waals surface area contributed by atoms with Gasteiger partial charge in [-0.05, 0) is 133 Å². The number of morpholine rings is 1. The number of nitrogens with zero attached hydrogens (tertiary/aromatic N) is 9. The Labute approximate surface area is 642 Å². The fraction of sp³-hybridized carbons (Fsp3) is 0.840. The first-order valence-electron chi connectivity index (χ1n) is 39.5. The summed E-state index contributed by atoms with van der Waals surface area (Å²) in [7, 11) is 7.37. The van der Waals surface area contributed by atoms with Gasteiger partial charge < -0.3 is 69.5 Å². The minimum Gasteiger partial charge on any atom is -0.378 e. The third kappa shape index (κ3) is 21.8. The van der Waals surface area contributed by atoms with Crippen LogP contribution in [0.15, 0.2) is 0 Å². The number of amides is 12. The lowest BCUT2D eigenvalue weighted by atomic mass is 9.74. The van der Waals surface area contributed by atoms with Crippen LogP contribution in [0.2, 0.25) is 0 Å². The van der Waals surface area contributed by atoms with Gasteiger partial charge in [0.05, 0.1) is 44.7 Å². The highest BCUT2D eigenvalue weighted by Gasteiger charge is 2.56. The normalized spacial score (nSPS) is 32.2. The van der Waals surface area contributed by atoms with Gasteiger partial charge in [-0.2, -0.15) is 26.3 Å². The molecule has 4 heterocycles. The van der Waals surface area contributed by atoms with Crippen LogP contribution in [0.1, 0.15) is 175 Å². The van der Waals surface area contributed by atoms with E-state index in [1.165, 1.54) is 49.9 Å². The van der Waals surface area contributed by atoms with E-state index < -0.39 is 243 Å². The van der Waals surface area contributed by atoms with Gasteiger partial charge in [0.1, 0.15) is 72.1 Å². The van der Waals surface area contributed by atoms with Crippen molar-refractivity contribution >= 4 is 70.9 Å². The van der Waals surface area contributed by atoms with E-state index in [4.69, 9.17) is 9.47 Å². The van der Waals surface area contributed by atoms with Crippen LogP contribution >= 0.6 is 0 Å². The average Bonchev–Trinajstić information content (AvgIpc) is 1.70. The molecule has 8 rings (SSSR count). The number of halogens is 10. The number of hydrogen-bond donors (Lipinski definition) is 3. The van der Waals surface area contributed by atoms with Crippen molar-refractivity contribution in [3.8, 4) is 0 Å². The smallest absolute Gasteiger partial charge is 0.378 e. The Morgan fingerprint density at radius 2 is 1.23 bits per heavy atom. The van der Waals surface area contributed by atoms with Crippen LogP contribution < -0.4 is 16.0 Å². The van der Waals surface area contributed by atoms with Crippen molar-refractivity contribution in [1.29, 1.82) is 0 Å². The molecule has 3 N–H and O–H groups in total. The zero-order chi connectivity index (χ0) is 81.9. The Morgan fingerprint density at radius 1 is 0.604 bits per heavy atom. The second kappa shape index (κ2) is 38.8. The summed E-state index contributed by atoms with van der Waals surface area (Å²) in [5.41, 5.74) is -1.76. The van der Waals surface area contributed by atoms with Crippen molar-refractivity contribution in [3.63, 3.8) is 0 Å². The summed E-state index contributed by atoms with van der Waals surface area (Å²) >= 11 is 0. The number of fused-ring (bicyclic) bond motifs is 3. The number of nitrogens with one attached hydrogen (secondary N) is 3. The van der Waals surface area contributed by atoms with E-state index in [0.29, 0.717) is 56.3 Å². The highest BCUT2D eigenvalue weighted by molar-refractivity contribution is 6.01. The van der Waals surface area contributed by atoms with Crippen LogP contribution in [0.3, 0.4) is 0 Å². The van der Waals surface area contributed by atoms with Crippen LogP contribution in [0, 0.1) is 35.5 Å². The first-order valence-corrected chi connectivity index (χ1v) is 39.5. The Balaban J connectivity index is 1.21. The maximum Gasteiger partial charge on any atom is 0.397 e. The molecule has 4 aliphatic carbocycles. The minimum atomic E-state index is -5.23. The monoisotopic (exact) mass is 1600 g/mol. The van der Waals surface area contributed by atoms with Gasteiger partial charge in [-0.3, -0.25) is 57.5 Å². The van der Waals surface area contributed by atoms with Gasteiger partial charge in [0.25, 0.3) is 0 Å². The lowest BCUT2D eigenvalue weighted by Crippen LogP contribution is -2.68. The number of rotatable bonds is 13. The third-order valence-corrected chi connectivity index (χ3v) is 24.8. The molecule has 36 heteroatoms. The molecule has 4 aliphatic heterocycles. The highest BCUT2D eigenvalue weighted by Crippen LogP contribution is 2.46. The number of alkyl halides is 10. The molecule has 12 amide bonds. The molecule has 0 aromatic rings. The quantitative estimate of drug-likeness (QED) is 0.180. The van der Waals surface area contributed by atoms with Crippen LogP contribution in [0.25, 0.3) is 0 Å². The number of carbonyl (C=O) groups is 12. The van der Waals surface area contributed by atoms with Crippen molar-refractivity contribution in [2.24, 2.45) is 35.5 Å². The molecule has 26 nitrogen and oxygen atoms in total. The molecule has 12 atom stereocenters. The third-order valence-electron chi connectivity index (χ3n) is 24.8. The maximum absolute atomic E-state index is 15.6. The number of likely N-dealkylation sites (N-methyl/N-ethyl adjacent to an activating group) is 6. The number of ether oxygens (including phenoxy) is 2. The van der Waals surface area contributed by atoms with Gasteiger partial charge >= 0.3 is 12.4 Å². The first kappa shape index (κ1) is 89.4. The van der Waals surface area contributed by atoms with Crippen molar-refractivity contribution < 1.29 is 111 Å². The Kier molecular flexibility index (Phi) is 31.2. The molecule has 0 radical (unpaired) electrons. The summed E-state index contributed by atoms with van der Waals surface area (Å²) in [5.74, 6) is -18.6. The molecule has 1 spiro atoms. The molecule has 628 valence electrons. The van der Waals surface area contributed by atoms with Gasteiger partial charge in [0, 0.05) is 87.9 Å². The molecular weight excluding hydrogens is 1480 g/mol. The summed E-state index contributed by atoms with van der Waals surface area (Å²) in [6.07, 6.45) is -21.3. The van der Waals surface area contributed by atoms with E-state index in [0.717, 1.165) is 31.5 Å². The topological polar surface area (TPSA) is 289 Å². The van der Waals surface area contributed by atoms with E-state index in [1.807, 2.05) is 0 Å². The van der Waals surface area contributed by atoms with E-state index in [9.17, 15) is 63.9 Å². The molecule has 2 bridgehead atoms. The zero-order valence-electron chi connectivity index (χ0n) is 65.2. The SMILES string of the molecule is CCO[C@@H]1C[C@H]2C(=O)NC3(CCC3)C(=O)N(C)[C@@H](C3CCCC3)C(=O)N(C)[C@H](C(=O)N3CCOCC3)CC(=O)N(C)[C@@H](CC(F)F)C(=O)N[C@@H]([C@@H](C)CC)C(=O)N(C)CC(=O)N(C)[C@H]3CCCCCN(C3=O)[C@@H](CC3CCC(C(F)(F)F)CC3)C(=O)N(C)CC(=O)N[C@@H](CCC3CC(F)C(C(F)(F)F)C(F)C3)C(=O)N2C1. The Hall–Kier alpha value is -7.14. The van der Waals surface area contributed by atoms with Crippen molar-refractivity contribution in [3.05, 3.63) is 0 Å². The number of carbonyl (C=O) groups excluding carboxylic acids is 12. The van der Waals surface area contributed by atoms with Gasteiger partial charge in [-0.25, -0.2) is 17.6 Å². The maximum atomic E-state index is 15.6. The predicted octanol–water partition coefficient (Wildman–Crippen LogP) is 5.95. The Bertz CT molecular complexity index is 3270. The Morgan fingerprint density at radius 3 is 1.80 bits per heavy atom. The van der Waals surface area contributed by atoms with E-state index in [2.05, 4.69) is 16.0 Å². The lowest BCUT2D eigenvalue weighted by molar-refractivity contribution is -0.219. The van der Waals surface area contributed by atoms with Crippen molar-refractivity contribution in [1.82, 2.24) is 60.0 Å². The van der Waals surface area contributed by atoms with Crippen molar-refractivity contribution in [2.45, 2.75) is 266 Å². The standard InChI is InChI=1S/C75H114F10N12O14/c1-10-43(3)62-70(107)90(5)42-60(100)91(6)52-20-13-12-16-29-96(69(52)106)56(36-44-21-24-47(25-22-44)74(80,81)82)67(104)89(4)41-58(98)86-51(26-23-45-34-49(76)61(50(77)35-45)75(83,84)85)66(103)97-40-48(111-11-2)37-54(97)65(102)88-73(27-17-28-73)72(109)94(9)63(46-18-14-15-19-46)71(108)93(8)55(68(105)95-30-32-110-33-31-95)39-59(99)92(7)53(38-57(78)79)64(101)87-62/h43-57,61-63H,10-42H2,1-9H3,(H,86,98)(H,87,101)(H,88,102)/t43-,44?,45?,47?,48+,49?,50?,51-,52-,53-,54-,55-,56-,61?,62-,63-/m0/s1. The molecule has 0 aromatic carbocycles. The molecule has 4 saturated carbocycles. The molecule has 8 aliphatic rings. The largest absolute Gasteiger partial charge is 0.397 e. The summed E-state index contributed by atoms with van der Waals surface area (Å²) < 4.78 is 157. The minimum absolute atomic E-state index is 0.00242. The summed E-state index contributed by atoms with van der Waals surface area (Å²) in [5, 5.41) is 8.06. The second-order valence-corrected chi connectivity index (χ2v) is 32.2. The van der Waals surface area contributed by atoms with Crippen LogP contribution in [0.4, 0.5) is 43.9 Å². The summed E-state index contributed by atoms with van der Waals surface area (Å²) in [4.78, 5) is 191. The molecular formula is C75H114F10N12O14. The molecule has 4 saturated heterocycles. The van der Waals surface area contributed by atoms with E-state index in [-0.39, 0.29) is 117 Å². The molecule has 0 aromatic heterocycles. The zero-order valence-corrected chi connectivity index (χ0v) is 65.2. The van der Waals surface area contributed by atoms with Crippen LogP contribution in [0.5, 0.6) is 0 Å². The van der Waals surface area contributed by atoms with Crippen LogP contribution in [-0.2, 0) is 67.0 Å². The van der Waals surface area contributed by atoms with E-state index >= 15 is 37.5 Å². The first-order chi connectivity index (χ1) is 52.2. The van der Waals surface area contributed by atoms with Crippen LogP contribution in [-0.4, -0.2) is 307 Å². The molecule has 111 heavy (non-hydrogen) atoms. The van der Waals surface area contributed by atoms with E-state index in [1.54, 1.807) is 20.8 Å². The van der Waals surface area contributed by atoms with Crippen molar-refractivity contribution in [2.75, 3.05) is 101 Å². The lowest BCUT2D eigenvalue weighted by Gasteiger charge is -2.47. The van der Waals surface area contributed by atoms with Gasteiger partial charge in [0.15, 0.2) is 0 Å². The molecule has 8 fully saturated rings. The number of hydrogen-bond acceptors (Lipinski definition) is 14. The second-order valence-electron chi connectivity index (χ2n) is 32.2. The average molecular weight is 1600 g/mol. The van der Waals surface area contributed by atoms with Gasteiger partial charge in [-0.15, -0.1) is 0 Å². The fourth-order valence-corrected chi connectivity index (χ4v) is 17.7. The fourth-order valence-electron chi connectivity index (χ4n) is 17.7. The predicted molar refractivity (Wildman–Crippen MR) is 381 cm³/mol. The highest BCUT2D eigenvalue weighted by atomic mass is 19.4. The van der Waals surface area contributed by atoms with Gasteiger partial charge in [0.2, 0.25) is 77.3 Å².